The van der Waals surface area contributed by atoms with Gasteiger partial charge in [-0.1, -0.05) is 12.1 Å². The molecule has 5 rings (SSSR count). The summed E-state index contributed by atoms with van der Waals surface area (Å²) in [5, 5.41) is 3.77. The summed E-state index contributed by atoms with van der Waals surface area (Å²) in [5.41, 5.74) is 1.58. The Morgan fingerprint density at radius 2 is 1.91 bits per heavy atom. The molecule has 2 aliphatic heterocycles. The van der Waals surface area contributed by atoms with E-state index in [0.29, 0.717) is 23.6 Å². The van der Waals surface area contributed by atoms with Crippen LogP contribution in [0.25, 0.3) is 11.0 Å². The summed E-state index contributed by atoms with van der Waals surface area (Å²) in [6, 6.07) is 7.04. The molecule has 1 aromatic carbocycles. The highest BCUT2D eigenvalue weighted by Gasteiger charge is 2.44. The highest BCUT2D eigenvalue weighted by Crippen LogP contribution is 2.40. The fourth-order valence-electron chi connectivity index (χ4n) is 5.08. The first kappa shape index (κ1) is 21.2. The van der Waals surface area contributed by atoms with Crippen molar-refractivity contribution in [2.75, 3.05) is 19.6 Å². The maximum Gasteiger partial charge on any atom is 0.336 e. The number of piperidine rings is 1. The monoisotopic (exact) mass is 438 g/mol. The maximum absolute atomic E-state index is 12.6. The third-order valence-corrected chi connectivity index (χ3v) is 7.12. The molecule has 7 nitrogen and oxygen atoms in total. The number of nitrogens with zero attached hydrogens (tertiary/aromatic N) is 1. The summed E-state index contributed by atoms with van der Waals surface area (Å²) in [6.45, 7) is 3.95. The number of ether oxygens (including phenoxy) is 1. The Hall–Kier alpha value is -2.67. The second-order valence-electron chi connectivity index (χ2n) is 9.63. The summed E-state index contributed by atoms with van der Waals surface area (Å²) in [4.78, 5) is 38.8. The third kappa shape index (κ3) is 4.44. The van der Waals surface area contributed by atoms with Gasteiger partial charge in [-0.05, 0) is 62.6 Å². The zero-order chi connectivity index (χ0) is 22.3. The van der Waals surface area contributed by atoms with Gasteiger partial charge in [0, 0.05) is 37.0 Å². The molecule has 2 amide bonds. The maximum atomic E-state index is 12.6. The van der Waals surface area contributed by atoms with Crippen LogP contribution in [0.1, 0.15) is 49.7 Å². The normalized spacial score (nSPS) is 22.4. The minimum absolute atomic E-state index is 0.00938. The second kappa shape index (κ2) is 8.35. The van der Waals surface area contributed by atoms with E-state index in [1.54, 1.807) is 0 Å². The van der Waals surface area contributed by atoms with Gasteiger partial charge in [-0.25, -0.2) is 4.79 Å². The lowest BCUT2D eigenvalue weighted by atomic mass is 9.88. The highest BCUT2D eigenvalue weighted by molar-refractivity contribution is 5.87. The number of carbonyl (C=O) groups excluding carboxylic acids is 2. The van der Waals surface area contributed by atoms with Gasteiger partial charge < -0.3 is 19.4 Å². The topological polar surface area (TPSA) is 88.9 Å². The summed E-state index contributed by atoms with van der Waals surface area (Å²) < 4.78 is 11.7. The van der Waals surface area contributed by atoms with Gasteiger partial charge >= 0.3 is 5.63 Å². The van der Waals surface area contributed by atoms with Crippen LogP contribution in [-0.4, -0.2) is 48.1 Å². The fraction of sp³-hybridized carbons (Fsp3) is 0.560. The van der Waals surface area contributed by atoms with Crippen LogP contribution < -0.4 is 10.9 Å². The van der Waals surface area contributed by atoms with Crippen LogP contribution in [0.2, 0.25) is 0 Å². The Morgan fingerprint density at radius 1 is 1.12 bits per heavy atom. The van der Waals surface area contributed by atoms with Crippen LogP contribution in [0.5, 0.6) is 0 Å². The van der Waals surface area contributed by atoms with E-state index in [9.17, 15) is 14.4 Å². The number of hydrogen-bond donors (Lipinski definition) is 1. The van der Waals surface area contributed by atoms with E-state index in [2.05, 4.69) is 5.32 Å². The molecule has 1 N–H and O–H groups in total. The van der Waals surface area contributed by atoms with Gasteiger partial charge in [-0.15, -0.1) is 0 Å². The lowest BCUT2D eigenvalue weighted by molar-refractivity contribution is -0.139. The molecule has 3 fully saturated rings. The van der Waals surface area contributed by atoms with Gasteiger partial charge in [0.2, 0.25) is 11.8 Å². The molecule has 1 spiro atoms. The molecule has 2 aromatic rings. The standard InChI is InChI=1S/C25H30N2O5/c1-16-2-5-20-18(14-23(29)31-21(20)12-16)13-22(28)26-15-19-6-7-25(32-19)8-10-27(11-9-25)24(30)17-3-4-17/h2,5,12,14,17,19H,3-4,6-11,13,15H2,1H3,(H,26,28)/t19-/m1/s1. The predicted octanol–water partition coefficient (Wildman–Crippen LogP) is 2.71. The molecule has 170 valence electrons. The number of likely N-dealkylation sites (tertiary alicyclic amines) is 1. The Morgan fingerprint density at radius 3 is 2.66 bits per heavy atom. The van der Waals surface area contributed by atoms with Gasteiger partial charge in [-0.3, -0.25) is 9.59 Å². The second-order valence-corrected chi connectivity index (χ2v) is 9.63. The van der Waals surface area contributed by atoms with Crippen molar-refractivity contribution in [3.8, 4) is 0 Å². The molecule has 0 unspecified atom stereocenters. The largest absolute Gasteiger partial charge is 0.423 e. The van der Waals surface area contributed by atoms with Gasteiger partial charge in [0.25, 0.3) is 0 Å². The molecule has 2 saturated heterocycles. The molecule has 32 heavy (non-hydrogen) atoms. The number of hydrogen-bond acceptors (Lipinski definition) is 5. The molecule has 1 saturated carbocycles. The number of nitrogens with one attached hydrogen (secondary N) is 1. The first-order chi connectivity index (χ1) is 15.4. The summed E-state index contributed by atoms with van der Waals surface area (Å²) >= 11 is 0. The van der Waals surface area contributed by atoms with Crippen molar-refractivity contribution < 1.29 is 18.7 Å². The van der Waals surface area contributed by atoms with Crippen molar-refractivity contribution in [3.63, 3.8) is 0 Å². The number of aryl methyl sites for hydroxylation is 1. The van der Waals surface area contributed by atoms with Crippen LogP contribution in [0.15, 0.2) is 33.5 Å². The van der Waals surface area contributed by atoms with Crippen LogP contribution >= 0.6 is 0 Å². The number of benzene rings is 1. The lowest BCUT2D eigenvalue weighted by Gasteiger charge is -2.39. The van der Waals surface area contributed by atoms with Crippen molar-refractivity contribution in [2.24, 2.45) is 5.92 Å². The van der Waals surface area contributed by atoms with E-state index in [-0.39, 0.29) is 30.0 Å². The molecule has 7 heteroatoms. The number of amides is 2. The fourth-order valence-corrected chi connectivity index (χ4v) is 5.08. The highest BCUT2D eigenvalue weighted by atomic mass is 16.5. The average Bonchev–Trinajstić information content (AvgIpc) is 3.54. The third-order valence-electron chi connectivity index (χ3n) is 7.12. The van der Waals surface area contributed by atoms with Gasteiger partial charge in [-0.2, -0.15) is 0 Å². The molecule has 3 aliphatic rings. The van der Waals surface area contributed by atoms with Gasteiger partial charge in [0.05, 0.1) is 18.1 Å². The van der Waals surface area contributed by atoms with Gasteiger partial charge in [0.1, 0.15) is 5.58 Å². The molecule has 3 heterocycles. The lowest BCUT2D eigenvalue weighted by Crippen LogP contribution is -2.47. The predicted molar refractivity (Wildman–Crippen MR) is 119 cm³/mol. The Kier molecular flexibility index (Phi) is 5.53. The van der Waals surface area contributed by atoms with E-state index in [1.807, 2.05) is 30.0 Å². The van der Waals surface area contributed by atoms with Crippen molar-refractivity contribution in [2.45, 2.75) is 63.6 Å². The molecule has 1 aliphatic carbocycles. The minimum atomic E-state index is -0.446. The van der Waals surface area contributed by atoms with E-state index in [1.165, 1.54) is 6.07 Å². The zero-order valence-electron chi connectivity index (χ0n) is 18.5. The molecule has 1 atom stereocenters. The van der Waals surface area contributed by atoms with Crippen molar-refractivity contribution in [1.82, 2.24) is 10.2 Å². The molecule has 0 radical (unpaired) electrons. The first-order valence-electron chi connectivity index (χ1n) is 11.7. The molecule has 1 aromatic heterocycles. The van der Waals surface area contributed by atoms with E-state index in [4.69, 9.17) is 9.15 Å². The molecule has 0 bridgehead atoms. The van der Waals surface area contributed by atoms with Crippen molar-refractivity contribution >= 4 is 22.8 Å². The summed E-state index contributed by atoms with van der Waals surface area (Å²) in [5.74, 6) is 0.458. The van der Waals surface area contributed by atoms with Gasteiger partial charge in [0.15, 0.2) is 0 Å². The van der Waals surface area contributed by atoms with E-state index >= 15 is 0 Å². The van der Waals surface area contributed by atoms with Crippen LogP contribution in [0, 0.1) is 12.8 Å². The van der Waals surface area contributed by atoms with Crippen LogP contribution in [-0.2, 0) is 20.7 Å². The Labute approximate surface area is 187 Å². The quantitative estimate of drug-likeness (QED) is 0.725. The van der Waals surface area contributed by atoms with Crippen LogP contribution in [0.4, 0.5) is 0 Å². The first-order valence-corrected chi connectivity index (χ1v) is 11.7. The molecular weight excluding hydrogens is 408 g/mol. The van der Waals surface area contributed by atoms with Crippen molar-refractivity contribution in [1.29, 1.82) is 0 Å². The smallest absolute Gasteiger partial charge is 0.336 e. The Balaban J connectivity index is 1.14. The number of fused-ring (bicyclic) bond motifs is 1. The zero-order valence-corrected chi connectivity index (χ0v) is 18.5. The average molecular weight is 439 g/mol. The van der Waals surface area contributed by atoms with E-state index in [0.717, 1.165) is 62.6 Å². The number of carbonyl (C=O) groups is 2. The Bertz CT molecular complexity index is 1100. The summed E-state index contributed by atoms with van der Waals surface area (Å²) in [7, 11) is 0. The minimum Gasteiger partial charge on any atom is -0.423 e. The molecular formula is C25H30N2O5. The SMILES string of the molecule is Cc1ccc2c(CC(=O)NC[C@H]3CCC4(CCN(C(=O)C5CC5)CC4)O3)cc(=O)oc2c1. The number of rotatable bonds is 5. The van der Waals surface area contributed by atoms with Crippen LogP contribution in [0.3, 0.4) is 0 Å². The van der Waals surface area contributed by atoms with Crippen molar-refractivity contribution in [3.05, 3.63) is 45.8 Å². The summed E-state index contributed by atoms with van der Waals surface area (Å²) in [6.07, 6.45) is 5.84. The van der Waals surface area contributed by atoms with E-state index < -0.39 is 5.63 Å².